The number of halogens is 1. The number of piperidine rings is 1. The lowest BCUT2D eigenvalue weighted by molar-refractivity contribution is 0.0662. The molecule has 27 heavy (non-hydrogen) atoms. The first-order chi connectivity index (χ1) is 13.1. The van der Waals surface area contributed by atoms with Gasteiger partial charge in [0.1, 0.15) is 0 Å². The molecule has 1 aromatic heterocycles. The summed E-state index contributed by atoms with van der Waals surface area (Å²) in [7, 11) is 2.10. The molecule has 4 rings (SSSR count). The van der Waals surface area contributed by atoms with Gasteiger partial charge >= 0.3 is 0 Å². The number of benzene rings is 1. The number of hydrogen-bond donors (Lipinski definition) is 1. The lowest BCUT2D eigenvalue weighted by Crippen LogP contribution is -2.47. The second-order valence-electron chi connectivity index (χ2n) is 7.45. The molecule has 7 heteroatoms. The first kappa shape index (κ1) is 18.5. The highest BCUT2D eigenvalue weighted by Gasteiger charge is 2.30. The predicted molar refractivity (Wildman–Crippen MR) is 107 cm³/mol. The topological polar surface area (TPSA) is 53.4 Å². The van der Waals surface area contributed by atoms with Crippen molar-refractivity contribution >= 4 is 17.5 Å². The molecule has 0 unspecified atom stereocenters. The van der Waals surface area contributed by atoms with Crippen LogP contribution in [0.4, 0.5) is 0 Å². The molecule has 2 aromatic rings. The smallest absolute Gasteiger partial charge is 0.257 e. The Morgan fingerprint density at radius 2 is 1.78 bits per heavy atom. The normalized spacial score (nSPS) is 19.4. The number of rotatable bonds is 3. The molecule has 1 amide bonds. The monoisotopic (exact) mass is 387 g/mol. The zero-order valence-electron chi connectivity index (χ0n) is 15.7. The Kier molecular flexibility index (Phi) is 5.48. The van der Waals surface area contributed by atoms with Gasteiger partial charge in [0.2, 0.25) is 0 Å². The Labute approximate surface area is 165 Å². The first-order valence-electron chi connectivity index (χ1n) is 9.66. The number of carbonyl (C=O) groups excluding carboxylic acids is 1. The highest BCUT2D eigenvalue weighted by atomic mass is 35.5. The van der Waals surface area contributed by atoms with Gasteiger partial charge in [0.15, 0.2) is 0 Å². The van der Waals surface area contributed by atoms with Crippen LogP contribution in [0.2, 0.25) is 5.02 Å². The van der Waals surface area contributed by atoms with Crippen molar-refractivity contribution in [2.24, 2.45) is 0 Å². The molecular formula is C20H26ClN5O. The molecule has 0 atom stereocenters. The van der Waals surface area contributed by atoms with E-state index in [4.69, 9.17) is 11.6 Å². The van der Waals surface area contributed by atoms with Gasteiger partial charge < -0.3 is 15.1 Å². The van der Waals surface area contributed by atoms with Crippen LogP contribution in [0.25, 0.3) is 5.69 Å². The summed E-state index contributed by atoms with van der Waals surface area (Å²) in [5.41, 5.74) is 2.74. The van der Waals surface area contributed by atoms with Crippen LogP contribution in [-0.2, 0) is 0 Å². The molecule has 3 heterocycles. The van der Waals surface area contributed by atoms with Gasteiger partial charge in [-0.25, -0.2) is 4.68 Å². The molecule has 0 bridgehead atoms. The first-order valence-corrected chi connectivity index (χ1v) is 10.0. The molecule has 144 valence electrons. The quantitative estimate of drug-likeness (QED) is 0.878. The van der Waals surface area contributed by atoms with Gasteiger partial charge in [-0.15, -0.1) is 0 Å². The molecular weight excluding hydrogens is 362 g/mol. The van der Waals surface area contributed by atoms with Crippen LogP contribution in [0.5, 0.6) is 0 Å². The SMILES string of the molecule is CN1CCN(C(=O)c2cnn(-c3ccc(Cl)cc3)c2C2CCNCC2)CC1. The Hall–Kier alpha value is -1.89. The Morgan fingerprint density at radius 3 is 2.44 bits per heavy atom. The van der Waals surface area contributed by atoms with E-state index in [0.717, 1.165) is 69.1 Å². The largest absolute Gasteiger partial charge is 0.336 e. The zero-order valence-corrected chi connectivity index (χ0v) is 16.5. The van der Waals surface area contributed by atoms with E-state index in [9.17, 15) is 4.79 Å². The van der Waals surface area contributed by atoms with E-state index < -0.39 is 0 Å². The maximum atomic E-state index is 13.3. The summed E-state index contributed by atoms with van der Waals surface area (Å²) in [4.78, 5) is 17.5. The van der Waals surface area contributed by atoms with E-state index in [1.807, 2.05) is 33.8 Å². The minimum atomic E-state index is 0.108. The molecule has 1 aromatic carbocycles. The minimum Gasteiger partial charge on any atom is -0.336 e. The van der Waals surface area contributed by atoms with Crippen LogP contribution in [0.3, 0.4) is 0 Å². The van der Waals surface area contributed by atoms with Crippen molar-refractivity contribution in [3.63, 3.8) is 0 Å². The lowest BCUT2D eigenvalue weighted by Gasteiger charge is -2.33. The summed E-state index contributed by atoms with van der Waals surface area (Å²) in [5.74, 6) is 0.438. The highest BCUT2D eigenvalue weighted by Crippen LogP contribution is 2.31. The van der Waals surface area contributed by atoms with Gasteiger partial charge in [0.05, 0.1) is 23.1 Å². The van der Waals surface area contributed by atoms with Gasteiger partial charge in [-0.3, -0.25) is 4.79 Å². The third kappa shape index (κ3) is 3.88. The Balaban J connectivity index is 1.70. The fourth-order valence-corrected chi connectivity index (χ4v) is 4.10. The molecule has 0 spiro atoms. The molecule has 2 saturated heterocycles. The van der Waals surface area contributed by atoms with E-state index in [-0.39, 0.29) is 5.91 Å². The predicted octanol–water partition coefficient (Wildman–Crippen LogP) is 2.38. The van der Waals surface area contributed by atoms with Crippen molar-refractivity contribution in [2.75, 3.05) is 46.3 Å². The van der Waals surface area contributed by atoms with E-state index in [0.29, 0.717) is 10.9 Å². The van der Waals surface area contributed by atoms with Gasteiger partial charge in [0, 0.05) is 37.1 Å². The number of amides is 1. The maximum Gasteiger partial charge on any atom is 0.257 e. The van der Waals surface area contributed by atoms with Crippen molar-refractivity contribution in [3.05, 3.63) is 46.7 Å². The van der Waals surface area contributed by atoms with Gasteiger partial charge in [-0.1, -0.05) is 11.6 Å². The van der Waals surface area contributed by atoms with Gasteiger partial charge in [-0.2, -0.15) is 5.10 Å². The number of carbonyl (C=O) groups is 1. The third-order valence-electron chi connectivity index (χ3n) is 5.62. The summed E-state index contributed by atoms with van der Waals surface area (Å²) >= 11 is 6.05. The number of nitrogens with zero attached hydrogens (tertiary/aromatic N) is 4. The third-order valence-corrected chi connectivity index (χ3v) is 5.88. The summed E-state index contributed by atoms with van der Waals surface area (Å²) in [6.45, 7) is 5.32. The average molecular weight is 388 g/mol. The standard InChI is InChI=1S/C20H26ClN5O/c1-24-10-12-25(13-11-24)20(27)18-14-23-26(17-4-2-16(21)3-5-17)19(18)15-6-8-22-9-7-15/h2-5,14-15,22H,6-13H2,1H3. The minimum absolute atomic E-state index is 0.108. The summed E-state index contributed by atoms with van der Waals surface area (Å²) in [5, 5.41) is 8.73. The highest BCUT2D eigenvalue weighted by molar-refractivity contribution is 6.30. The molecule has 2 fully saturated rings. The van der Waals surface area contributed by atoms with E-state index in [1.54, 1.807) is 6.20 Å². The van der Waals surface area contributed by atoms with Gasteiger partial charge in [-0.05, 0) is 57.2 Å². The summed E-state index contributed by atoms with van der Waals surface area (Å²) in [6.07, 6.45) is 3.79. The number of hydrogen-bond acceptors (Lipinski definition) is 4. The number of nitrogens with one attached hydrogen (secondary N) is 1. The Morgan fingerprint density at radius 1 is 1.11 bits per heavy atom. The van der Waals surface area contributed by atoms with Crippen LogP contribution in [0.15, 0.2) is 30.5 Å². The Bertz CT molecular complexity index is 789. The van der Waals surface area contributed by atoms with Crippen molar-refractivity contribution in [1.82, 2.24) is 24.9 Å². The van der Waals surface area contributed by atoms with Crippen LogP contribution < -0.4 is 5.32 Å². The molecule has 0 radical (unpaired) electrons. The summed E-state index contributed by atoms with van der Waals surface area (Å²) in [6, 6.07) is 7.66. The molecule has 0 saturated carbocycles. The van der Waals surface area contributed by atoms with E-state index in [1.165, 1.54) is 0 Å². The van der Waals surface area contributed by atoms with Crippen LogP contribution in [0.1, 0.15) is 34.8 Å². The second-order valence-corrected chi connectivity index (χ2v) is 7.89. The van der Waals surface area contributed by atoms with Gasteiger partial charge in [0.25, 0.3) is 5.91 Å². The van der Waals surface area contributed by atoms with Crippen LogP contribution in [-0.4, -0.2) is 71.8 Å². The van der Waals surface area contributed by atoms with Crippen molar-refractivity contribution in [3.8, 4) is 5.69 Å². The molecule has 6 nitrogen and oxygen atoms in total. The number of piperazine rings is 1. The van der Waals surface area contributed by atoms with Crippen LogP contribution >= 0.6 is 11.6 Å². The van der Waals surface area contributed by atoms with E-state index in [2.05, 4.69) is 22.4 Å². The van der Waals surface area contributed by atoms with Crippen molar-refractivity contribution < 1.29 is 4.79 Å². The average Bonchev–Trinajstić information content (AvgIpc) is 3.14. The summed E-state index contributed by atoms with van der Waals surface area (Å²) < 4.78 is 1.94. The number of aromatic nitrogens is 2. The molecule has 2 aliphatic heterocycles. The van der Waals surface area contributed by atoms with Crippen molar-refractivity contribution in [2.45, 2.75) is 18.8 Å². The molecule has 0 aliphatic carbocycles. The molecule has 1 N–H and O–H groups in total. The second kappa shape index (κ2) is 8.00. The fraction of sp³-hybridized carbons (Fsp3) is 0.500. The zero-order chi connectivity index (χ0) is 18.8. The lowest BCUT2D eigenvalue weighted by atomic mass is 9.91. The van der Waals surface area contributed by atoms with E-state index >= 15 is 0 Å². The maximum absolute atomic E-state index is 13.3. The molecule has 2 aliphatic rings. The van der Waals surface area contributed by atoms with Crippen LogP contribution in [0, 0.1) is 0 Å². The fourth-order valence-electron chi connectivity index (χ4n) is 3.98. The number of likely N-dealkylation sites (N-methyl/N-ethyl adjacent to an activating group) is 1. The van der Waals surface area contributed by atoms with Crippen molar-refractivity contribution in [1.29, 1.82) is 0 Å².